The minimum atomic E-state index is -0.718. The molecule has 0 aliphatic carbocycles. The molecule has 0 bridgehead atoms. The van der Waals surface area contributed by atoms with Crippen LogP contribution < -0.4 is 0 Å². The van der Waals surface area contributed by atoms with Crippen molar-refractivity contribution >= 4 is 34.5 Å². The summed E-state index contributed by atoms with van der Waals surface area (Å²) in [6.45, 7) is 0. The molecule has 4 rings (SSSR count). The number of carbonyl (C=O) groups excluding carboxylic acids is 4. The molecule has 0 radical (unpaired) electrons. The molecule has 0 fully saturated rings. The molecule has 0 saturated carbocycles. The van der Waals surface area contributed by atoms with E-state index in [4.69, 9.17) is 0 Å². The Balaban J connectivity index is 1.64. The van der Waals surface area contributed by atoms with Gasteiger partial charge in [-0.25, -0.2) is 0 Å². The molecule has 4 aromatic carbocycles. The summed E-state index contributed by atoms with van der Waals surface area (Å²) in [4.78, 5) is 50.9. The van der Waals surface area contributed by atoms with Crippen molar-refractivity contribution in [2.45, 2.75) is 0 Å². The first-order valence-corrected chi connectivity index (χ1v) is 10.4. The Labute approximate surface area is 195 Å². The molecule has 0 spiro atoms. The highest BCUT2D eigenvalue weighted by atomic mass is 16.2. The third kappa shape index (κ3) is 4.81. The summed E-state index contributed by atoms with van der Waals surface area (Å²) in [5.74, 6) is -2.76. The van der Waals surface area contributed by atoms with Gasteiger partial charge in [-0.3, -0.25) is 19.2 Å². The van der Waals surface area contributed by atoms with Crippen LogP contribution in [0.4, 0.5) is 11.4 Å². The van der Waals surface area contributed by atoms with Gasteiger partial charge in [-0.15, -0.1) is 10.2 Å². The third-order valence-electron chi connectivity index (χ3n) is 5.05. The van der Waals surface area contributed by atoms with Crippen LogP contribution in [0.25, 0.3) is 0 Å². The first-order valence-electron chi connectivity index (χ1n) is 10.4. The zero-order chi connectivity index (χ0) is 23.9. The van der Waals surface area contributed by atoms with E-state index in [2.05, 4.69) is 10.2 Å². The Morgan fingerprint density at radius 2 is 0.706 bits per heavy atom. The maximum atomic E-state index is 12.8. The number of ketones is 4. The molecule has 0 amide bonds. The molecule has 0 N–H and O–H groups in total. The molecule has 164 valence electrons. The van der Waals surface area contributed by atoms with Crippen LogP contribution in [0.2, 0.25) is 0 Å². The summed E-state index contributed by atoms with van der Waals surface area (Å²) in [5, 5.41) is 8.27. The fourth-order valence-corrected chi connectivity index (χ4v) is 3.30. The maximum Gasteiger partial charge on any atom is 0.235 e. The van der Waals surface area contributed by atoms with Crippen molar-refractivity contribution in [3.63, 3.8) is 0 Å². The van der Waals surface area contributed by atoms with Crippen LogP contribution in [0.3, 0.4) is 0 Å². The Morgan fingerprint density at radius 1 is 0.382 bits per heavy atom. The average molecular weight is 446 g/mol. The van der Waals surface area contributed by atoms with Crippen molar-refractivity contribution in [3.8, 4) is 0 Å². The van der Waals surface area contributed by atoms with Gasteiger partial charge in [0.1, 0.15) is 0 Å². The molecule has 0 saturated heterocycles. The van der Waals surface area contributed by atoms with E-state index in [1.165, 1.54) is 12.1 Å². The van der Waals surface area contributed by atoms with E-state index >= 15 is 0 Å². The van der Waals surface area contributed by atoms with Gasteiger partial charge in [0.25, 0.3) is 0 Å². The van der Waals surface area contributed by atoms with Gasteiger partial charge in [-0.2, -0.15) is 0 Å². The molecule has 34 heavy (non-hydrogen) atoms. The molecule has 0 unspecified atom stereocenters. The second-order valence-corrected chi connectivity index (χ2v) is 7.28. The lowest BCUT2D eigenvalue weighted by atomic mass is 10.00. The van der Waals surface area contributed by atoms with Crippen LogP contribution in [0.15, 0.2) is 119 Å². The van der Waals surface area contributed by atoms with Gasteiger partial charge in [-0.05, 0) is 24.3 Å². The smallest absolute Gasteiger partial charge is 0.235 e. The van der Waals surface area contributed by atoms with Crippen LogP contribution in [0, 0.1) is 0 Å². The van der Waals surface area contributed by atoms with E-state index in [1.807, 2.05) is 0 Å². The van der Waals surface area contributed by atoms with E-state index in [0.29, 0.717) is 0 Å². The van der Waals surface area contributed by atoms with Crippen LogP contribution in [-0.2, 0) is 0 Å². The van der Waals surface area contributed by atoms with Crippen LogP contribution in [0.1, 0.15) is 41.4 Å². The van der Waals surface area contributed by atoms with Gasteiger partial charge in [0.2, 0.25) is 23.1 Å². The van der Waals surface area contributed by atoms with Crippen molar-refractivity contribution < 1.29 is 19.2 Å². The standard InChI is InChI=1S/C28H18N2O4/c31-25(19-11-3-1-4-12-19)27(33)21-15-7-9-17-23(21)29-30-24-18-10-8-16-22(24)28(34)26(32)20-13-5-2-6-14-20/h1-18H. The molecule has 0 atom stereocenters. The topological polar surface area (TPSA) is 93.0 Å². The summed E-state index contributed by atoms with van der Waals surface area (Å²) in [6, 6.07) is 29.1. The highest BCUT2D eigenvalue weighted by Crippen LogP contribution is 2.26. The molecule has 0 aliphatic rings. The highest BCUT2D eigenvalue weighted by molar-refractivity contribution is 6.50. The summed E-state index contributed by atoms with van der Waals surface area (Å²) < 4.78 is 0. The predicted molar refractivity (Wildman–Crippen MR) is 127 cm³/mol. The van der Waals surface area contributed by atoms with Gasteiger partial charge in [0.15, 0.2) is 0 Å². The zero-order valence-electron chi connectivity index (χ0n) is 17.9. The van der Waals surface area contributed by atoms with Gasteiger partial charge >= 0.3 is 0 Å². The van der Waals surface area contributed by atoms with Gasteiger partial charge in [-0.1, -0.05) is 84.9 Å². The van der Waals surface area contributed by atoms with Crippen molar-refractivity contribution in [2.75, 3.05) is 0 Å². The van der Waals surface area contributed by atoms with Crippen LogP contribution >= 0.6 is 0 Å². The fourth-order valence-electron chi connectivity index (χ4n) is 3.30. The van der Waals surface area contributed by atoms with E-state index in [1.54, 1.807) is 97.1 Å². The average Bonchev–Trinajstić information content (AvgIpc) is 2.91. The van der Waals surface area contributed by atoms with E-state index in [-0.39, 0.29) is 33.6 Å². The summed E-state index contributed by atoms with van der Waals surface area (Å²) >= 11 is 0. The number of carbonyl (C=O) groups is 4. The normalized spacial score (nSPS) is 10.7. The molecule has 0 heterocycles. The SMILES string of the molecule is O=C(C(=O)c1ccccc1N=Nc1ccccc1C(=O)C(=O)c1ccccc1)c1ccccc1. The van der Waals surface area contributed by atoms with E-state index in [9.17, 15) is 19.2 Å². The number of hydrogen-bond donors (Lipinski definition) is 0. The lowest BCUT2D eigenvalue weighted by Crippen LogP contribution is -2.14. The molecule has 4 aromatic rings. The lowest BCUT2D eigenvalue weighted by Gasteiger charge is -2.05. The van der Waals surface area contributed by atoms with Crippen molar-refractivity contribution in [1.29, 1.82) is 0 Å². The largest absolute Gasteiger partial charge is 0.285 e. The Bertz CT molecular complexity index is 1300. The number of rotatable bonds is 8. The molecular formula is C28H18N2O4. The number of hydrogen-bond acceptors (Lipinski definition) is 6. The van der Waals surface area contributed by atoms with E-state index < -0.39 is 23.1 Å². The molecular weight excluding hydrogens is 428 g/mol. The quantitative estimate of drug-likeness (QED) is 0.182. The van der Waals surface area contributed by atoms with Crippen LogP contribution in [-0.4, -0.2) is 23.1 Å². The Hall–Kier alpha value is -4.84. The van der Waals surface area contributed by atoms with E-state index in [0.717, 1.165) is 0 Å². The predicted octanol–water partition coefficient (Wildman–Crippen LogP) is 6.23. The summed E-state index contributed by atoms with van der Waals surface area (Å²) in [7, 11) is 0. The third-order valence-corrected chi connectivity index (χ3v) is 5.05. The number of benzene rings is 4. The van der Waals surface area contributed by atoms with Crippen molar-refractivity contribution in [1.82, 2.24) is 0 Å². The molecule has 0 aromatic heterocycles. The minimum Gasteiger partial charge on any atom is -0.285 e. The number of nitrogens with zero attached hydrogens (tertiary/aromatic N) is 2. The number of Topliss-reactive ketones (excluding diaryl/α,β-unsaturated/α-hetero) is 4. The van der Waals surface area contributed by atoms with Gasteiger partial charge in [0, 0.05) is 11.1 Å². The molecule has 6 heteroatoms. The van der Waals surface area contributed by atoms with Gasteiger partial charge < -0.3 is 0 Å². The number of azo groups is 1. The summed E-state index contributed by atoms with van der Waals surface area (Å²) in [5.41, 5.74) is 1.07. The Kier molecular flexibility index (Phi) is 6.70. The zero-order valence-corrected chi connectivity index (χ0v) is 17.9. The highest BCUT2D eigenvalue weighted by Gasteiger charge is 2.22. The molecule has 6 nitrogen and oxygen atoms in total. The first-order chi connectivity index (χ1) is 16.6. The molecule has 0 aliphatic heterocycles. The second kappa shape index (κ2) is 10.2. The van der Waals surface area contributed by atoms with Crippen molar-refractivity contribution in [3.05, 3.63) is 131 Å². The summed E-state index contributed by atoms with van der Waals surface area (Å²) in [6.07, 6.45) is 0. The first kappa shape index (κ1) is 22.4. The monoisotopic (exact) mass is 446 g/mol. The van der Waals surface area contributed by atoms with Crippen LogP contribution in [0.5, 0.6) is 0 Å². The maximum absolute atomic E-state index is 12.8. The second-order valence-electron chi connectivity index (χ2n) is 7.28. The fraction of sp³-hybridized carbons (Fsp3) is 0. The Morgan fingerprint density at radius 3 is 1.09 bits per heavy atom. The minimum absolute atomic E-state index is 0.0873. The van der Waals surface area contributed by atoms with Gasteiger partial charge in [0.05, 0.1) is 22.5 Å². The lowest BCUT2D eigenvalue weighted by molar-refractivity contribution is 0.0817. The van der Waals surface area contributed by atoms with Crippen molar-refractivity contribution in [2.24, 2.45) is 10.2 Å².